The lowest BCUT2D eigenvalue weighted by Gasteiger charge is -2.11. The number of nitrogens with two attached hydrogens (primary N) is 1. The van der Waals surface area contributed by atoms with Gasteiger partial charge in [0.25, 0.3) is 0 Å². The Morgan fingerprint density at radius 1 is 1.00 bits per heavy atom. The van der Waals surface area contributed by atoms with Gasteiger partial charge in [0.1, 0.15) is 5.75 Å². The maximum atomic E-state index is 6.11. The quantitative estimate of drug-likeness (QED) is 0.423. The van der Waals surface area contributed by atoms with Crippen LogP contribution in [-0.2, 0) is 0 Å². The summed E-state index contributed by atoms with van der Waals surface area (Å²) in [5.74, 6) is 8.47. The van der Waals surface area contributed by atoms with E-state index in [9.17, 15) is 0 Å². The zero-order valence-electron chi connectivity index (χ0n) is 13.8. The molecular weight excluding hydrogens is 320 g/mol. The van der Waals surface area contributed by atoms with Gasteiger partial charge in [-0.25, -0.2) is 4.68 Å². The first-order valence-corrected chi connectivity index (χ1v) is 8.73. The summed E-state index contributed by atoms with van der Waals surface area (Å²) in [6.45, 7) is 4.69. The fraction of sp³-hybridized carbons (Fsp3) is 0.222. The number of nitrogens with zero attached hydrogens (tertiary/aromatic N) is 3. The number of ether oxygens (including phenoxy) is 1. The van der Waals surface area contributed by atoms with Crippen LogP contribution in [0.2, 0.25) is 0 Å². The fourth-order valence-corrected chi connectivity index (χ4v) is 3.14. The minimum absolute atomic E-state index is 0.587. The number of hydrogen-bond donors (Lipinski definition) is 1. The van der Waals surface area contributed by atoms with E-state index in [1.54, 1.807) is 0 Å². The van der Waals surface area contributed by atoms with Crippen molar-refractivity contribution in [1.82, 2.24) is 14.9 Å². The summed E-state index contributed by atoms with van der Waals surface area (Å²) in [6, 6.07) is 15.9. The van der Waals surface area contributed by atoms with E-state index in [4.69, 9.17) is 10.6 Å². The molecule has 0 aliphatic rings. The third-order valence-electron chi connectivity index (χ3n) is 3.67. The number of thioether (sulfide) groups is 1. The first-order chi connectivity index (χ1) is 11.7. The Hall–Kier alpha value is -2.47. The summed E-state index contributed by atoms with van der Waals surface area (Å²) in [7, 11) is 0. The van der Waals surface area contributed by atoms with Crippen LogP contribution in [0.15, 0.2) is 53.7 Å². The van der Waals surface area contributed by atoms with Crippen LogP contribution >= 0.6 is 11.8 Å². The van der Waals surface area contributed by atoms with Gasteiger partial charge in [0, 0.05) is 11.3 Å². The van der Waals surface area contributed by atoms with Crippen LogP contribution in [0.4, 0.5) is 0 Å². The van der Waals surface area contributed by atoms with Crippen molar-refractivity contribution >= 4 is 11.8 Å². The van der Waals surface area contributed by atoms with Crippen LogP contribution < -0.4 is 10.6 Å². The van der Waals surface area contributed by atoms with E-state index < -0.39 is 0 Å². The van der Waals surface area contributed by atoms with Crippen molar-refractivity contribution in [3.8, 4) is 17.1 Å². The largest absolute Gasteiger partial charge is 0.492 e. The average Bonchev–Trinajstić information content (AvgIpc) is 2.95. The van der Waals surface area contributed by atoms with Gasteiger partial charge in [-0.3, -0.25) is 0 Å². The summed E-state index contributed by atoms with van der Waals surface area (Å²) >= 11 is 1.53. The van der Waals surface area contributed by atoms with E-state index in [1.165, 1.54) is 16.4 Å². The maximum absolute atomic E-state index is 6.11. The molecule has 0 radical (unpaired) electrons. The Labute approximate surface area is 145 Å². The highest BCUT2D eigenvalue weighted by molar-refractivity contribution is 7.99. The SMILES string of the molecule is Cc1cccc(C)c1OCCSc1nnc(-c2ccccc2)n1N. The van der Waals surface area contributed by atoms with Crippen molar-refractivity contribution in [3.63, 3.8) is 0 Å². The van der Waals surface area contributed by atoms with Crippen LogP contribution in [0.1, 0.15) is 11.1 Å². The highest BCUT2D eigenvalue weighted by Crippen LogP contribution is 2.24. The minimum atomic E-state index is 0.587. The summed E-state index contributed by atoms with van der Waals surface area (Å²) in [5.41, 5.74) is 3.24. The summed E-state index contributed by atoms with van der Waals surface area (Å²) in [5, 5.41) is 9.02. The number of para-hydroxylation sites is 1. The number of aromatic nitrogens is 3. The molecule has 1 heterocycles. The first-order valence-electron chi connectivity index (χ1n) is 7.74. The van der Waals surface area contributed by atoms with Crippen molar-refractivity contribution in [3.05, 3.63) is 59.7 Å². The Morgan fingerprint density at radius 3 is 2.42 bits per heavy atom. The number of rotatable bonds is 6. The highest BCUT2D eigenvalue weighted by Gasteiger charge is 2.12. The lowest BCUT2D eigenvalue weighted by atomic mass is 10.1. The van der Waals surface area contributed by atoms with E-state index in [0.717, 1.165) is 28.2 Å². The topological polar surface area (TPSA) is 66.0 Å². The van der Waals surface area contributed by atoms with Crippen molar-refractivity contribution in [2.75, 3.05) is 18.2 Å². The van der Waals surface area contributed by atoms with Gasteiger partial charge in [-0.15, -0.1) is 10.2 Å². The van der Waals surface area contributed by atoms with Gasteiger partial charge in [0.05, 0.1) is 6.61 Å². The Kier molecular flexibility index (Phi) is 5.05. The second-order valence-electron chi connectivity index (χ2n) is 5.46. The van der Waals surface area contributed by atoms with E-state index >= 15 is 0 Å². The monoisotopic (exact) mass is 340 g/mol. The van der Waals surface area contributed by atoms with Crippen LogP contribution in [0.5, 0.6) is 5.75 Å². The van der Waals surface area contributed by atoms with Gasteiger partial charge in [-0.1, -0.05) is 60.3 Å². The molecule has 0 unspecified atom stereocenters. The number of benzene rings is 2. The van der Waals surface area contributed by atoms with Crippen LogP contribution in [0.25, 0.3) is 11.4 Å². The summed E-state index contributed by atoms with van der Waals surface area (Å²) < 4.78 is 7.43. The highest BCUT2D eigenvalue weighted by atomic mass is 32.2. The molecule has 3 aromatic rings. The molecule has 124 valence electrons. The predicted octanol–water partition coefficient (Wildman–Crippen LogP) is 3.45. The van der Waals surface area contributed by atoms with Gasteiger partial charge in [0.15, 0.2) is 5.82 Å². The number of aryl methyl sites for hydroxylation is 2. The fourth-order valence-electron chi connectivity index (χ4n) is 2.46. The molecular formula is C18H20N4OS. The van der Waals surface area contributed by atoms with Crippen molar-refractivity contribution in [1.29, 1.82) is 0 Å². The third-order valence-corrected chi connectivity index (χ3v) is 4.57. The van der Waals surface area contributed by atoms with Crippen molar-refractivity contribution < 1.29 is 4.74 Å². The van der Waals surface area contributed by atoms with E-state index in [0.29, 0.717) is 17.6 Å². The molecule has 0 saturated carbocycles. The zero-order chi connectivity index (χ0) is 16.9. The number of hydrogen-bond acceptors (Lipinski definition) is 5. The van der Waals surface area contributed by atoms with Crippen LogP contribution in [0.3, 0.4) is 0 Å². The molecule has 0 spiro atoms. The molecule has 5 nitrogen and oxygen atoms in total. The molecule has 2 aromatic carbocycles. The van der Waals surface area contributed by atoms with Crippen LogP contribution in [-0.4, -0.2) is 27.2 Å². The molecule has 0 saturated heterocycles. The smallest absolute Gasteiger partial charge is 0.210 e. The molecule has 2 N–H and O–H groups in total. The molecule has 3 rings (SSSR count). The lowest BCUT2D eigenvalue weighted by Crippen LogP contribution is -2.12. The minimum Gasteiger partial charge on any atom is -0.492 e. The Bertz CT molecular complexity index is 797. The molecule has 24 heavy (non-hydrogen) atoms. The van der Waals surface area contributed by atoms with Crippen molar-refractivity contribution in [2.45, 2.75) is 19.0 Å². The summed E-state index contributed by atoms with van der Waals surface area (Å²) in [6.07, 6.45) is 0. The molecule has 0 amide bonds. The first kappa shape index (κ1) is 16.4. The van der Waals surface area contributed by atoms with Gasteiger partial charge >= 0.3 is 0 Å². The number of nitrogen functional groups attached to an aromatic ring is 1. The zero-order valence-corrected chi connectivity index (χ0v) is 14.6. The molecule has 0 bridgehead atoms. The van der Waals surface area contributed by atoms with E-state index in [-0.39, 0.29) is 0 Å². The third kappa shape index (κ3) is 3.54. The second-order valence-corrected chi connectivity index (χ2v) is 6.52. The molecule has 1 aromatic heterocycles. The second kappa shape index (κ2) is 7.40. The molecule has 0 fully saturated rings. The van der Waals surface area contributed by atoms with Gasteiger partial charge in [-0.2, -0.15) is 0 Å². The summed E-state index contributed by atoms with van der Waals surface area (Å²) in [4.78, 5) is 0. The van der Waals surface area contributed by atoms with Gasteiger partial charge < -0.3 is 10.6 Å². The van der Waals surface area contributed by atoms with Gasteiger partial charge in [0.2, 0.25) is 5.16 Å². The van der Waals surface area contributed by atoms with Gasteiger partial charge in [-0.05, 0) is 25.0 Å². The molecule has 0 aliphatic carbocycles. The molecule has 0 atom stereocenters. The van der Waals surface area contributed by atoms with Crippen LogP contribution in [0, 0.1) is 13.8 Å². The normalized spacial score (nSPS) is 10.8. The predicted molar refractivity (Wildman–Crippen MR) is 97.7 cm³/mol. The maximum Gasteiger partial charge on any atom is 0.210 e. The lowest BCUT2D eigenvalue weighted by molar-refractivity contribution is 0.339. The van der Waals surface area contributed by atoms with E-state index in [2.05, 4.69) is 36.2 Å². The standard InChI is InChI=1S/C18H20N4OS/c1-13-7-6-8-14(2)16(13)23-11-12-24-18-21-20-17(22(18)19)15-9-4-3-5-10-15/h3-10H,11-12,19H2,1-2H3. The molecule has 0 aliphatic heterocycles. The van der Waals surface area contributed by atoms with Crippen molar-refractivity contribution in [2.24, 2.45) is 0 Å². The Balaban J connectivity index is 1.59. The Morgan fingerprint density at radius 2 is 1.71 bits per heavy atom. The molecule has 6 heteroatoms. The average molecular weight is 340 g/mol. The van der Waals surface area contributed by atoms with E-state index in [1.807, 2.05) is 36.4 Å².